The van der Waals surface area contributed by atoms with Gasteiger partial charge in [0.15, 0.2) is 11.5 Å². The summed E-state index contributed by atoms with van der Waals surface area (Å²) in [6.45, 7) is 3.11. The van der Waals surface area contributed by atoms with Gasteiger partial charge in [0.1, 0.15) is 5.65 Å². The topological polar surface area (TPSA) is 65.0 Å². The molecule has 0 radical (unpaired) electrons. The van der Waals surface area contributed by atoms with Gasteiger partial charge in [-0.3, -0.25) is 4.90 Å². The molecule has 3 aromatic rings. The summed E-state index contributed by atoms with van der Waals surface area (Å²) >= 11 is 0. The Morgan fingerprint density at radius 1 is 0.964 bits per heavy atom. The number of rotatable bonds is 5. The monoisotopic (exact) mass is 380 g/mol. The highest BCUT2D eigenvalue weighted by molar-refractivity contribution is 5.70. The number of ether oxygens (including phenoxy) is 2. The van der Waals surface area contributed by atoms with Gasteiger partial charge in [-0.2, -0.15) is 0 Å². The molecule has 28 heavy (non-hydrogen) atoms. The highest BCUT2D eigenvalue weighted by Crippen LogP contribution is 2.34. The Bertz CT molecular complexity index is 959. The first kappa shape index (κ1) is 18.6. The van der Waals surface area contributed by atoms with Gasteiger partial charge in [0.25, 0.3) is 0 Å². The maximum atomic E-state index is 6.08. The van der Waals surface area contributed by atoms with Crippen LogP contribution in [0.5, 0.6) is 11.5 Å². The average Bonchev–Trinajstić information content (AvgIpc) is 2.88. The number of methoxy groups -OCH3 is 2. The molecule has 3 heterocycles. The van der Waals surface area contributed by atoms with Crippen LogP contribution in [-0.2, 0) is 6.54 Å². The van der Waals surface area contributed by atoms with E-state index in [0.717, 1.165) is 47.9 Å². The van der Waals surface area contributed by atoms with E-state index in [9.17, 15) is 0 Å². The molecule has 6 heteroatoms. The summed E-state index contributed by atoms with van der Waals surface area (Å²) in [5.41, 5.74) is 10.9. The zero-order chi connectivity index (χ0) is 19.5. The van der Waals surface area contributed by atoms with Crippen molar-refractivity contribution in [2.45, 2.75) is 32.2 Å². The van der Waals surface area contributed by atoms with Crippen molar-refractivity contribution in [2.24, 2.45) is 0 Å². The highest BCUT2D eigenvalue weighted by atomic mass is 16.5. The van der Waals surface area contributed by atoms with Crippen LogP contribution in [-0.4, -0.2) is 41.6 Å². The zero-order valence-corrected chi connectivity index (χ0v) is 16.6. The Hall–Kier alpha value is -2.73. The second-order valence-electron chi connectivity index (χ2n) is 7.36. The van der Waals surface area contributed by atoms with Crippen LogP contribution in [0.1, 0.15) is 31.4 Å². The van der Waals surface area contributed by atoms with E-state index in [2.05, 4.69) is 9.30 Å². The number of nitrogen functional groups attached to an aromatic ring is 1. The first-order chi connectivity index (χ1) is 13.7. The van der Waals surface area contributed by atoms with Crippen molar-refractivity contribution in [2.75, 3.05) is 33.0 Å². The zero-order valence-electron chi connectivity index (χ0n) is 16.6. The summed E-state index contributed by atoms with van der Waals surface area (Å²) in [5, 5.41) is 0. The molecule has 2 N–H and O–H groups in total. The Morgan fingerprint density at radius 2 is 1.71 bits per heavy atom. The third-order valence-corrected chi connectivity index (χ3v) is 5.47. The average molecular weight is 380 g/mol. The van der Waals surface area contributed by atoms with Crippen LogP contribution < -0.4 is 15.2 Å². The van der Waals surface area contributed by atoms with Crippen molar-refractivity contribution >= 4 is 11.3 Å². The van der Waals surface area contributed by atoms with Crippen LogP contribution in [0, 0.1) is 0 Å². The third-order valence-electron chi connectivity index (χ3n) is 5.47. The molecule has 0 atom stereocenters. The molecule has 6 nitrogen and oxygen atoms in total. The predicted molar refractivity (Wildman–Crippen MR) is 112 cm³/mol. The number of hydrogen-bond acceptors (Lipinski definition) is 5. The fourth-order valence-corrected chi connectivity index (χ4v) is 3.98. The smallest absolute Gasteiger partial charge is 0.161 e. The van der Waals surface area contributed by atoms with Crippen LogP contribution in [0.25, 0.3) is 16.9 Å². The van der Waals surface area contributed by atoms with Crippen molar-refractivity contribution in [3.8, 4) is 22.8 Å². The van der Waals surface area contributed by atoms with E-state index in [1.165, 1.54) is 25.7 Å². The molecule has 1 aromatic carbocycles. The summed E-state index contributed by atoms with van der Waals surface area (Å²) in [6, 6.07) is 9.85. The predicted octanol–water partition coefficient (Wildman–Crippen LogP) is 3.98. The van der Waals surface area contributed by atoms with Crippen LogP contribution in [0.2, 0.25) is 0 Å². The molecular formula is C22H28N4O2. The van der Waals surface area contributed by atoms with Gasteiger partial charge in [-0.1, -0.05) is 12.8 Å². The van der Waals surface area contributed by atoms with Crippen LogP contribution >= 0.6 is 0 Å². The molecule has 0 bridgehead atoms. The minimum absolute atomic E-state index is 0.706. The van der Waals surface area contributed by atoms with Crippen molar-refractivity contribution in [3.63, 3.8) is 0 Å². The Kier molecular flexibility index (Phi) is 5.39. The number of hydrogen-bond donors (Lipinski definition) is 1. The fourth-order valence-electron chi connectivity index (χ4n) is 3.98. The van der Waals surface area contributed by atoms with E-state index in [1.807, 2.05) is 36.5 Å². The molecule has 0 spiro atoms. The van der Waals surface area contributed by atoms with E-state index in [1.54, 1.807) is 14.2 Å². The Labute approximate surface area is 165 Å². The SMILES string of the molecule is COc1ccc(-c2nc3ccc(N)cn3c2CN2CCCCCC2)cc1OC. The van der Waals surface area contributed by atoms with Crippen molar-refractivity contribution in [1.82, 2.24) is 14.3 Å². The number of fused-ring (bicyclic) bond motifs is 1. The van der Waals surface area contributed by atoms with E-state index < -0.39 is 0 Å². The minimum atomic E-state index is 0.706. The number of anilines is 1. The Balaban J connectivity index is 1.81. The summed E-state index contributed by atoms with van der Waals surface area (Å²) in [5.74, 6) is 1.42. The van der Waals surface area contributed by atoms with Gasteiger partial charge < -0.3 is 19.6 Å². The first-order valence-corrected chi connectivity index (χ1v) is 9.91. The second kappa shape index (κ2) is 8.10. The van der Waals surface area contributed by atoms with E-state index in [4.69, 9.17) is 20.2 Å². The molecule has 0 aliphatic carbocycles. The normalized spacial score (nSPS) is 15.5. The molecule has 1 aliphatic heterocycles. The number of imidazole rings is 1. The van der Waals surface area contributed by atoms with Crippen molar-refractivity contribution in [1.29, 1.82) is 0 Å². The number of likely N-dealkylation sites (tertiary alicyclic amines) is 1. The maximum absolute atomic E-state index is 6.08. The van der Waals surface area contributed by atoms with Gasteiger partial charge in [0.2, 0.25) is 0 Å². The molecule has 148 valence electrons. The number of aromatic nitrogens is 2. The lowest BCUT2D eigenvalue weighted by molar-refractivity contribution is 0.273. The maximum Gasteiger partial charge on any atom is 0.161 e. The largest absolute Gasteiger partial charge is 0.493 e. The van der Waals surface area contributed by atoms with Gasteiger partial charge in [0, 0.05) is 24.0 Å². The first-order valence-electron chi connectivity index (χ1n) is 9.91. The van der Waals surface area contributed by atoms with Gasteiger partial charge in [-0.25, -0.2) is 4.98 Å². The van der Waals surface area contributed by atoms with E-state index in [0.29, 0.717) is 11.5 Å². The summed E-state index contributed by atoms with van der Waals surface area (Å²) in [7, 11) is 3.31. The molecule has 0 amide bonds. The number of benzene rings is 1. The lowest BCUT2D eigenvalue weighted by Gasteiger charge is -2.20. The van der Waals surface area contributed by atoms with Crippen LogP contribution in [0.15, 0.2) is 36.5 Å². The molecule has 1 saturated heterocycles. The molecule has 4 rings (SSSR count). The lowest BCUT2D eigenvalue weighted by atomic mass is 10.1. The van der Waals surface area contributed by atoms with Crippen LogP contribution in [0.4, 0.5) is 5.69 Å². The molecule has 2 aromatic heterocycles. The summed E-state index contributed by atoms with van der Waals surface area (Å²) in [4.78, 5) is 7.46. The third kappa shape index (κ3) is 3.64. The quantitative estimate of drug-likeness (QED) is 0.725. The van der Waals surface area contributed by atoms with E-state index >= 15 is 0 Å². The molecule has 0 unspecified atom stereocenters. The van der Waals surface area contributed by atoms with Crippen molar-refractivity contribution in [3.05, 3.63) is 42.2 Å². The number of nitrogens with two attached hydrogens (primary N) is 1. The van der Waals surface area contributed by atoms with Gasteiger partial charge in [0.05, 0.1) is 25.6 Å². The van der Waals surface area contributed by atoms with E-state index in [-0.39, 0.29) is 0 Å². The van der Waals surface area contributed by atoms with Crippen molar-refractivity contribution < 1.29 is 9.47 Å². The Morgan fingerprint density at radius 3 is 2.43 bits per heavy atom. The fraction of sp³-hybridized carbons (Fsp3) is 0.409. The summed E-state index contributed by atoms with van der Waals surface area (Å²) in [6.07, 6.45) is 7.12. The lowest BCUT2D eigenvalue weighted by Crippen LogP contribution is -2.25. The minimum Gasteiger partial charge on any atom is -0.493 e. The molecule has 1 fully saturated rings. The summed E-state index contributed by atoms with van der Waals surface area (Å²) < 4.78 is 13.0. The standard InChI is InChI=1S/C22H28N4O2/c1-27-19-9-7-16(13-20(19)28-2)22-18(15-25-11-5-3-4-6-12-25)26-14-17(23)8-10-21(26)24-22/h7-10,13-14H,3-6,11-12,15,23H2,1-2H3. The number of nitrogens with zero attached hydrogens (tertiary/aromatic N) is 3. The molecule has 1 aliphatic rings. The van der Waals surface area contributed by atoms with Gasteiger partial charge in [-0.05, 0) is 56.3 Å². The van der Waals surface area contributed by atoms with Crippen LogP contribution in [0.3, 0.4) is 0 Å². The molecule has 0 saturated carbocycles. The highest BCUT2D eigenvalue weighted by Gasteiger charge is 2.19. The number of pyridine rings is 1. The second-order valence-corrected chi connectivity index (χ2v) is 7.36. The molecular weight excluding hydrogens is 352 g/mol. The van der Waals surface area contributed by atoms with Gasteiger partial charge in [-0.15, -0.1) is 0 Å². The van der Waals surface area contributed by atoms with Gasteiger partial charge >= 0.3 is 0 Å².